The summed E-state index contributed by atoms with van der Waals surface area (Å²) in [5.41, 5.74) is 2.02. The molecule has 0 aliphatic carbocycles. The summed E-state index contributed by atoms with van der Waals surface area (Å²) in [6, 6.07) is 21.1. The fourth-order valence-corrected chi connectivity index (χ4v) is 3.35. The molecule has 3 rings (SSSR count). The Kier molecular flexibility index (Phi) is 5.44. The summed E-state index contributed by atoms with van der Waals surface area (Å²) in [4.78, 5) is 2.46. The molecule has 0 bridgehead atoms. The molecular formula is C20H25NO2. The van der Waals surface area contributed by atoms with Gasteiger partial charge in [-0.05, 0) is 17.5 Å². The normalized spacial score (nSPS) is 16.4. The van der Waals surface area contributed by atoms with Gasteiger partial charge in [0.25, 0.3) is 0 Å². The number of hydrogen-bond donors (Lipinski definition) is 0. The van der Waals surface area contributed by atoms with E-state index in [2.05, 4.69) is 65.6 Å². The molecule has 0 N–H and O–H groups in total. The van der Waals surface area contributed by atoms with Gasteiger partial charge in [0.2, 0.25) is 0 Å². The van der Waals surface area contributed by atoms with Crippen molar-refractivity contribution >= 4 is 0 Å². The lowest BCUT2D eigenvalue weighted by molar-refractivity contribution is -0.00981. The number of rotatable bonds is 6. The van der Waals surface area contributed by atoms with Crippen LogP contribution in [0.1, 0.15) is 17.5 Å². The molecule has 1 heterocycles. The predicted octanol–water partition coefficient (Wildman–Crippen LogP) is 3.30. The van der Waals surface area contributed by atoms with Gasteiger partial charge in [0.15, 0.2) is 0 Å². The molecule has 0 spiro atoms. The minimum Gasteiger partial charge on any atom is -0.379 e. The Labute approximate surface area is 138 Å². The quantitative estimate of drug-likeness (QED) is 0.817. The molecule has 23 heavy (non-hydrogen) atoms. The highest BCUT2D eigenvalue weighted by atomic mass is 16.5. The first-order valence-corrected chi connectivity index (χ1v) is 8.31. The maximum atomic E-state index is 6.14. The van der Waals surface area contributed by atoms with E-state index >= 15 is 0 Å². The third-order valence-corrected chi connectivity index (χ3v) is 4.71. The van der Waals surface area contributed by atoms with E-state index in [0.29, 0.717) is 0 Å². The van der Waals surface area contributed by atoms with Gasteiger partial charge in [-0.25, -0.2) is 0 Å². The molecule has 0 aromatic heterocycles. The van der Waals surface area contributed by atoms with Crippen LogP contribution in [0.5, 0.6) is 0 Å². The van der Waals surface area contributed by atoms with Gasteiger partial charge >= 0.3 is 0 Å². The van der Waals surface area contributed by atoms with E-state index in [1.165, 1.54) is 11.1 Å². The van der Waals surface area contributed by atoms with Crippen molar-refractivity contribution in [3.05, 3.63) is 71.8 Å². The maximum Gasteiger partial charge on any atom is 0.119 e. The highest BCUT2D eigenvalue weighted by Gasteiger charge is 2.34. The van der Waals surface area contributed by atoms with Crippen LogP contribution >= 0.6 is 0 Å². The van der Waals surface area contributed by atoms with Crippen molar-refractivity contribution in [2.75, 3.05) is 40.0 Å². The summed E-state index contributed by atoms with van der Waals surface area (Å²) >= 11 is 0. The highest BCUT2D eigenvalue weighted by Crippen LogP contribution is 2.36. The molecule has 0 unspecified atom stereocenters. The molecule has 1 saturated heterocycles. The van der Waals surface area contributed by atoms with Crippen molar-refractivity contribution in [2.24, 2.45) is 0 Å². The van der Waals surface area contributed by atoms with Crippen LogP contribution < -0.4 is 0 Å². The fraction of sp³-hybridized carbons (Fsp3) is 0.400. The third kappa shape index (κ3) is 3.63. The first-order chi connectivity index (χ1) is 11.3. The number of benzene rings is 2. The largest absolute Gasteiger partial charge is 0.379 e. The summed E-state index contributed by atoms with van der Waals surface area (Å²) in [7, 11) is 1.82. The maximum absolute atomic E-state index is 6.14. The molecule has 3 heteroatoms. The molecule has 2 aromatic carbocycles. The van der Waals surface area contributed by atoms with Crippen molar-refractivity contribution in [1.29, 1.82) is 0 Å². The average Bonchev–Trinajstić information content (AvgIpc) is 2.65. The van der Waals surface area contributed by atoms with Gasteiger partial charge in [-0.15, -0.1) is 0 Å². The molecule has 0 radical (unpaired) electrons. The molecule has 1 aliphatic heterocycles. The third-order valence-electron chi connectivity index (χ3n) is 4.71. The summed E-state index contributed by atoms with van der Waals surface area (Å²) in [5, 5.41) is 0. The minimum absolute atomic E-state index is 0.402. The van der Waals surface area contributed by atoms with E-state index in [1.54, 1.807) is 0 Å². The molecule has 1 aliphatic rings. The molecule has 3 nitrogen and oxygen atoms in total. The second-order valence-electron chi connectivity index (χ2n) is 5.97. The van der Waals surface area contributed by atoms with Gasteiger partial charge in [-0.3, -0.25) is 4.90 Å². The van der Waals surface area contributed by atoms with Crippen molar-refractivity contribution in [2.45, 2.75) is 12.0 Å². The number of hydrogen-bond acceptors (Lipinski definition) is 3. The van der Waals surface area contributed by atoms with E-state index in [-0.39, 0.29) is 0 Å². The lowest BCUT2D eigenvalue weighted by atomic mass is 9.83. The fourth-order valence-electron chi connectivity index (χ4n) is 3.35. The predicted molar refractivity (Wildman–Crippen MR) is 92.5 cm³/mol. The molecule has 2 aromatic rings. The van der Waals surface area contributed by atoms with E-state index in [0.717, 1.165) is 39.3 Å². The Morgan fingerprint density at radius 1 is 0.913 bits per heavy atom. The Bertz CT molecular complexity index is 540. The van der Waals surface area contributed by atoms with Crippen molar-refractivity contribution in [3.8, 4) is 0 Å². The number of methoxy groups -OCH3 is 1. The van der Waals surface area contributed by atoms with Gasteiger partial charge < -0.3 is 9.47 Å². The van der Waals surface area contributed by atoms with E-state index < -0.39 is 5.60 Å². The molecule has 1 fully saturated rings. The first-order valence-electron chi connectivity index (χ1n) is 8.31. The number of nitrogens with zero attached hydrogens (tertiary/aromatic N) is 1. The molecule has 0 amide bonds. The second kappa shape index (κ2) is 7.73. The zero-order chi connectivity index (χ0) is 16.0. The van der Waals surface area contributed by atoms with E-state index in [9.17, 15) is 0 Å². The van der Waals surface area contributed by atoms with Crippen LogP contribution in [0.2, 0.25) is 0 Å². The Morgan fingerprint density at radius 2 is 1.43 bits per heavy atom. The van der Waals surface area contributed by atoms with E-state index in [4.69, 9.17) is 9.47 Å². The van der Waals surface area contributed by atoms with Crippen LogP contribution in [-0.2, 0) is 15.1 Å². The van der Waals surface area contributed by atoms with Crippen LogP contribution in [-0.4, -0.2) is 44.9 Å². The van der Waals surface area contributed by atoms with Gasteiger partial charge in [-0.1, -0.05) is 60.7 Å². The smallest absolute Gasteiger partial charge is 0.119 e. The van der Waals surface area contributed by atoms with Crippen LogP contribution in [0.15, 0.2) is 60.7 Å². The van der Waals surface area contributed by atoms with Gasteiger partial charge in [-0.2, -0.15) is 0 Å². The first kappa shape index (κ1) is 16.2. The monoisotopic (exact) mass is 311 g/mol. The van der Waals surface area contributed by atoms with Crippen LogP contribution in [0.25, 0.3) is 0 Å². The lowest BCUT2D eigenvalue weighted by Gasteiger charge is -2.36. The van der Waals surface area contributed by atoms with Crippen molar-refractivity contribution in [3.63, 3.8) is 0 Å². The topological polar surface area (TPSA) is 21.7 Å². The van der Waals surface area contributed by atoms with Crippen LogP contribution in [0, 0.1) is 0 Å². The number of ether oxygens (including phenoxy) is 2. The molecular weight excluding hydrogens is 286 g/mol. The van der Waals surface area contributed by atoms with Crippen molar-refractivity contribution in [1.82, 2.24) is 4.90 Å². The van der Waals surface area contributed by atoms with E-state index in [1.807, 2.05) is 7.11 Å². The van der Waals surface area contributed by atoms with Gasteiger partial charge in [0.1, 0.15) is 5.60 Å². The van der Waals surface area contributed by atoms with Crippen LogP contribution in [0.4, 0.5) is 0 Å². The Morgan fingerprint density at radius 3 is 1.91 bits per heavy atom. The summed E-state index contributed by atoms with van der Waals surface area (Å²) in [6.07, 6.45) is 0.928. The Balaban J connectivity index is 1.89. The Hall–Kier alpha value is -1.68. The average molecular weight is 311 g/mol. The summed E-state index contributed by atoms with van der Waals surface area (Å²) in [6.45, 7) is 4.67. The van der Waals surface area contributed by atoms with Crippen molar-refractivity contribution < 1.29 is 9.47 Å². The number of morpholine rings is 1. The van der Waals surface area contributed by atoms with Gasteiger partial charge in [0.05, 0.1) is 13.2 Å². The summed E-state index contributed by atoms with van der Waals surface area (Å²) in [5.74, 6) is 0. The summed E-state index contributed by atoms with van der Waals surface area (Å²) < 4.78 is 11.6. The minimum atomic E-state index is -0.402. The SMILES string of the molecule is COC(CCN1CCOCC1)(c1ccccc1)c1ccccc1. The second-order valence-corrected chi connectivity index (χ2v) is 5.97. The highest BCUT2D eigenvalue weighted by molar-refractivity contribution is 5.36. The molecule has 122 valence electrons. The zero-order valence-corrected chi connectivity index (χ0v) is 13.8. The molecule has 0 atom stereocenters. The standard InChI is InChI=1S/C20H25NO2/c1-22-20(18-8-4-2-5-9-18,19-10-6-3-7-11-19)12-13-21-14-16-23-17-15-21/h2-11H,12-17H2,1H3. The molecule has 0 saturated carbocycles. The zero-order valence-electron chi connectivity index (χ0n) is 13.8. The van der Waals surface area contributed by atoms with Crippen LogP contribution in [0.3, 0.4) is 0 Å². The van der Waals surface area contributed by atoms with Gasteiger partial charge in [0, 0.05) is 26.7 Å². The lowest BCUT2D eigenvalue weighted by Crippen LogP contribution is -2.41.